The van der Waals surface area contributed by atoms with Crippen LogP contribution in [-0.4, -0.2) is 8.07 Å². The molecule has 66 valence electrons. The first kappa shape index (κ1) is 10.8. The molecule has 0 aliphatic rings. The van der Waals surface area contributed by atoms with E-state index in [4.69, 9.17) is 0 Å². The summed E-state index contributed by atoms with van der Waals surface area (Å²) in [5.41, 5.74) is 1.94. The minimum atomic E-state index is -1.44. The average Bonchev–Trinajstić information content (AvgIpc) is 1.56. The number of hydrogen-bond donors (Lipinski definition) is 0. The Morgan fingerprint density at radius 3 is 1.73 bits per heavy atom. The molecule has 1 nitrogen and oxygen atoms in total. The summed E-state index contributed by atoms with van der Waals surface area (Å²) < 4.78 is 0. The van der Waals surface area contributed by atoms with Crippen LogP contribution in [0.25, 0.3) is 0 Å². The van der Waals surface area contributed by atoms with Crippen molar-refractivity contribution in [3.05, 3.63) is 11.5 Å². The molecule has 0 radical (unpaired) electrons. The van der Waals surface area contributed by atoms with Crippen molar-refractivity contribution in [2.45, 2.75) is 45.8 Å². The molecule has 0 aliphatic heterocycles. The van der Waals surface area contributed by atoms with Gasteiger partial charge < -0.3 is 5.11 Å². The fourth-order valence-electron chi connectivity index (χ4n) is 0.725. The molecule has 0 aliphatic carbocycles. The highest BCUT2D eigenvalue weighted by molar-refractivity contribution is 6.84. The molecule has 0 atom stereocenters. The summed E-state index contributed by atoms with van der Waals surface area (Å²) in [7, 11) is -1.44. The second kappa shape index (κ2) is 3.01. The van der Waals surface area contributed by atoms with Crippen molar-refractivity contribution in [2.75, 3.05) is 0 Å². The topological polar surface area (TPSA) is 23.1 Å². The van der Waals surface area contributed by atoms with Gasteiger partial charge in [0.05, 0.1) is 8.07 Å². The summed E-state index contributed by atoms with van der Waals surface area (Å²) in [6.07, 6.45) is 0. The Labute approximate surface area is 71.1 Å². The van der Waals surface area contributed by atoms with Crippen molar-refractivity contribution < 1.29 is 5.11 Å². The number of hydrogen-bond acceptors (Lipinski definition) is 1. The predicted octanol–water partition coefficient (Wildman–Crippen LogP) is 2.30. The molecule has 0 unspecified atom stereocenters. The van der Waals surface area contributed by atoms with E-state index in [1.165, 1.54) is 0 Å². The van der Waals surface area contributed by atoms with Gasteiger partial charge in [-0.05, 0) is 5.04 Å². The van der Waals surface area contributed by atoms with Crippen molar-refractivity contribution >= 4 is 8.07 Å². The van der Waals surface area contributed by atoms with Gasteiger partial charge in [-0.3, -0.25) is 0 Å². The van der Waals surface area contributed by atoms with Gasteiger partial charge in [-0.15, -0.1) is 11.5 Å². The van der Waals surface area contributed by atoms with Crippen LogP contribution in [0.3, 0.4) is 0 Å². The SMILES string of the molecule is C/C([O-])=C/[Si](C)(C)C(C)(C)C. The lowest BCUT2D eigenvalue weighted by atomic mass is 10.2. The Bertz CT molecular complexity index is 159. The fourth-order valence-corrected chi connectivity index (χ4v) is 2.17. The van der Waals surface area contributed by atoms with E-state index < -0.39 is 8.07 Å². The standard InChI is InChI=1S/C9H20OSi/c1-8(10)7-11(5,6)9(2,3)4/h7,10H,1-6H3/p-1/b8-7-. The van der Waals surface area contributed by atoms with Gasteiger partial charge in [0.1, 0.15) is 0 Å². The van der Waals surface area contributed by atoms with E-state index >= 15 is 0 Å². The maximum Gasteiger partial charge on any atom is 0.0758 e. The van der Waals surface area contributed by atoms with E-state index in [9.17, 15) is 5.11 Å². The first-order valence-electron chi connectivity index (χ1n) is 4.03. The molecule has 0 saturated carbocycles. The minimum Gasteiger partial charge on any atom is -0.876 e. The lowest BCUT2D eigenvalue weighted by molar-refractivity contribution is -0.301. The highest BCUT2D eigenvalue weighted by Crippen LogP contribution is 2.36. The molecule has 0 aromatic carbocycles. The molecule has 2 heteroatoms. The van der Waals surface area contributed by atoms with E-state index in [0.717, 1.165) is 0 Å². The van der Waals surface area contributed by atoms with Gasteiger partial charge in [0.25, 0.3) is 0 Å². The van der Waals surface area contributed by atoms with Gasteiger partial charge in [0, 0.05) is 0 Å². The smallest absolute Gasteiger partial charge is 0.0758 e. The Morgan fingerprint density at radius 1 is 1.27 bits per heavy atom. The molecule has 11 heavy (non-hydrogen) atoms. The quantitative estimate of drug-likeness (QED) is 0.438. The van der Waals surface area contributed by atoms with Gasteiger partial charge in [0.15, 0.2) is 0 Å². The maximum absolute atomic E-state index is 10.9. The third-order valence-corrected chi connectivity index (χ3v) is 7.49. The summed E-state index contributed by atoms with van der Waals surface area (Å²) in [6, 6.07) is 0. The summed E-state index contributed by atoms with van der Waals surface area (Å²) in [5.74, 6) is 0.219. The molecule has 0 bridgehead atoms. The Hall–Kier alpha value is -0.243. The zero-order valence-corrected chi connectivity index (χ0v) is 9.49. The van der Waals surface area contributed by atoms with Crippen LogP contribution in [0.2, 0.25) is 18.1 Å². The third kappa shape index (κ3) is 3.10. The molecule has 0 rings (SSSR count). The number of rotatable bonds is 1. The summed E-state index contributed by atoms with van der Waals surface area (Å²) in [4.78, 5) is 0. The van der Waals surface area contributed by atoms with Crippen molar-refractivity contribution in [1.82, 2.24) is 0 Å². The number of allylic oxidation sites excluding steroid dienone is 1. The van der Waals surface area contributed by atoms with Crippen molar-refractivity contribution in [3.63, 3.8) is 0 Å². The molecule has 0 N–H and O–H groups in total. The molecule has 0 saturated heterocycles. The van der Waals surface area contributed by atoms with Crippen molar-refractivity contribution in [2.24, 2.45) is 0 Å². The first-order valence-corrected chi connectivity index (χ1v) is 7.11. The fraction of sp³-hybridized carbons (Fsp3) is 0.778. The molecule has 0 fully saturated rings. The zero-order chi connectivity index (χ0) is 9.28. The molecule has 0 aromatic heterocycles. The van der Waals surface area contributed by atoms with Crippen LogP contribution < -0.4 is 5.11 Å². The van der Waals surface area contributed by atoms with Crippen LogP contribution in [0, 0.1) is 0 Å². The van der Waals surface area contributed by atoms with Gasteiger partial charge in [-0.2, -0.15) is 0 Å². The molecule has 0 aromatic rings. The highest BCUT2D eigenvalue weighted by Gasteiger charge is 2.31. The summed E-state index contributed by atoms with van der Waals surface area (Å²) in [6.45, 7) is 12.7. The van der Waals surface area contributed by atoms with Gasteiger partial charge in [0.2, 0.25) is 0 Å². The van der Waals surface area contributed by atoms with Gasteiger partial charge >= 0.3 is 0 Å². The zero-order valence-electron chi connectivity index (χ0n) is 8.49. The lowest BCUT2D eigenvalue weighted by Gasteiger charge is -2.35. The van der Waals surface area contributed by atoms with E-state index in [1.807, 2.05) is 5.70 Å². The van der Waals surface area contributed by atoms with Crippen LogP contribution in [0.15, 0.2) is 11.5 Å². The lowest BCUT2D eigenvalue weighted by Crippen LogP contribution is -2.36. The second-order valence-corrected chi connectivity index (χ2v) is 9.96. The largest absolute Gasteiger partial charge is 0.876 e. The molecular formula is C9H19OSi-. The Balaban J connectivity index is 4.61. The van der Waals surface area contributed by atoms with Crippen molar-refractivity contribution in [3.8, 4) is 0 Å². The van der Waals surface area contributed by atoms with Gasteiger partial charge in [-0.25, -0.2) is 0 Å². The normalized spacial score (nSPS) is 15.3. The van der Waals surface area contributed by atoms with Crippen LogP contribution in [0.1, 0.15) is 27.7 Å². The van der Waals surface area contributed by atoms with E-state index in [-0.39, 0.29) is 5.76 Å². The van der Waals surface area contributed by atoms with E-state index in [0.29, 0.717) is 5.04 Å². The van der Waals surface area contributed by atoms with Crippen LogP contribution in [-0.2, 0) is 0 Å². The predicted molar refractivity (Wildman–Crippen MR) is 51.0 cm³/mol. The van der Waals surface area contributed by atoms with Crippen molar-refractivity contribution in [1.29, 1.82) is 0 Å². The minimum absolute atomic E-state index is 0.219. The third-order valence-electron chi connectivity index (χ3n) is 2.50. The molecule has 0 heterocycles. The monoisotopic (exact) mass is 171 g/mol. The second-order valence-electron chi connectivity index (χ2n) is 4.73. The van der Waals surface area contributed by atoms with Crippen LogP contribution >= 0.6 is 0 Å². The Kier molecular flexibility index (Phi) is 2.95. The molecular weight excluding hydrogens is 152 g/mol. The first-order chi connectivity index (χ1) is 4.67. The summed E-state index contributed by atoms with van der Waals surface area (Å²) in [5, 5.41) is 11.2. The molecule has 0 spiro atoms. The van der Waals surface area contributed by atoms with Crippen LogP contribution in [0.4, 0.5) is 0 Å². The average molecular weight is 171 g/mol. The summed E-state index contributed by atoms with van der Waals surface area (Å²) >= 11 is 0. The highest BCUT2D eigenvalue weighted by atomic mass is 28.3. The molecule has 0 amide bonds. The van der Waals surface area contributed by atoms with Gasteiger partial charge in [-0.1, -0.05) is 40.8 Å². The van der Waals surface area contributed by atoms with E-state index in [2.05, 4.69) is 33.9 Å². The maximum atomic E-state index is 10.9. The van der Waals surface area contributed by atoms with Crippen LogP contribution in [0.5, 0.6) is 0 Å². The Morgan fingerprint density at radius 2 is 1.64 bits per heavy atom. The van der Waals surface area contributed by atoms with E-state index in [1.54, 1.807) is 6.92 Å².